The molecular weight excluding hydrogens is 366 g/mol. The number of ether oxygens (including phenoxy) is 1. The van der Waals surface area contributed by atoms with E-state index in [4.69, 9.17) is 4.74 Å². The summed E-state index contributed by atoms with van der Waals surface area (Å²) in [7, 11) is 1.63. The number of rotatable bonds is 5. The van der Waals surface area contributed by atoms with Gasteiger partial charge in [-0.3, -0.25) is 9.59 Å². The molecule has 0 aliphatic carbocycles. The monoisotopic (exact) mass is 393 g/mol. The molecule has 4 rings (SSSR count). The molecule has 0 aromatic heterocycles. The van der Waals surface area contributed by atoms with Gasteiger partial charge >= 0.3 is 0 Å². The Morgan fingerprint density at radius 1 is 1.14 bits per heavy atom. The van der Waals surface area contributed by atoms with Crippen LogP contribution in [0.4, 0.5) is 0 Å². The van der Waals surface area contributed by atoms with Crippen LogP contribution in [-0.4, -0.2) is 42.5 Å². The highest BCUT2D eigenvalue weighted by atomic mass is 16.5. The minimum Gasteiger partial charge on any atom is -0.497 e. The lowest BCUT2D eigenvalue weighted by Crippen LogP contribution is -2.54. The Hall–Kier alpha value is -2.86. The molecule has 2 atom stereocenters. The molecule has 0 radical (unpaired) electrons. The molecule has 1 fully saturated rings. The van der Waals surface area contributed by atoms with E-state index in [1.54, 1.807) is 12.0 Å². The van der Waals surface area contributed by atoms with Crippen LogP contribution in [0, 0.1) is 0 Å². The van der Waals surface area contributed by atoms with Crippen molar-refractivity contribution in [1.82, 2.24) is 15.5 Å². The molecule has 2 N–H and O–H groups in total. The minimum atomic E-state index is -0.389. The SMILES string of the molecule is COc1ccc(CNC(=O)[C@@H]2CCCN2C(=O)[C@@H]2Cc3ccccc3CN2)cc1. The largest absolute Gasteiger partial charge is 0.497 e. The summed E-state index contributed by atoms with van der Waals surface area (Å²) in [5.74, 6) is 0.735. The fourth-order valence-electron chi connectivity index (χ4n) is 4.18. The van der Waals surface area contributed by atoms with Crippen molar-refractivity contribution < 1.29 is 14.3 Å². The number of carbonyl (C=O) groups excluding carboxylic acids is 2. The molecule has 2 aromatic carbocycles. The van der Waals surface area contributed by atoms with Gasteiger partial charge in [-0.05, 0) is 48.1 Å². The van der Waals surface area contributed by atoms with Crippen LogP contribution in [0.1, 0.15) is 29.5 Å². The Morgan fingerprint density at radius 3 is 2.66 bits per heavy atom. The van der Waals surface area contributed by atoms with Crippen LogP contribution >= 0.6 is 0 Å². The fourth-order valence-corrected chi connectivity index (χ4v) is 4.18. The summed E-state index contributed by atoms with van der Waals surface area (Å²) in [6.07, 6.45) is 2.24. The van der Waals surface area contributed by atoms with Gasteiger partial charge in [-0.2, -0.15) is 0 Å². The summed E-state index contributed by atoms with van der Waals surface area (Å²) in [4.78, 5) is 27.7. The van der Waals surface area contributed by atoms with Crippen molar-refractivity contribution in [3.63, 3.8) is 0 Å². The number of carbonyl (C=O) groups is 2. The first-order chi connectivity index (χ1) is 14.2. The molecule has 2 aliphatic rings. The molecule has 2 heterocycles. The molecule has 2 aliphatic heterocycles. The van der Waals surface area contributed by atoms with Gasteiger partial charge in [0.15, 0.2) is 0 Å². The lowest BCUT2D eigenvalue weighted by Gasteiger charge is -2.31. The highest BCUT2D eigenvalue weighted by molar-refractivity contribution is 5.90. The van der Waals surface area contributed by atoms with Crippen LogP contribution in [-0.2, 0) is 29.1 Å². The van der Waals surface area contributed by atoms with Gasteiger partial charge in [0.2, 0.25) is 11.8 Å². The second-order valence-electron chi connectivity index (χ2n) is 7.66. The van der Waals surface area contributed by atoms with Gasteiger partial charge in [0.1, 0.15) is 11.8 Å². The quantitative estimate of drug-likeness (QED) is 0.815. The van der Waals surface area contributed by atoms with Gasteiger partial charge < -0.3 is 20.3 Å². The molecule has 0 saturated carbocycles. The number of nitrogens with one attached hydrogen (secondary N) is 2. The van der Waals surface area contributed by atoms with Crippen LogP contribution < -0.4 is 15.4 Å². The zero-order chi connectivity index (χ0) is 20.2. The number of nitrogens with zero attached hydrogens (tertiary/aromatic N) is 1. The highest BCUT2D eigenvalue weighted by Crippen LogP contribution is 2.23. The third-order valence-electron chi connectivity index (χ3n) is 5.84. The predicted molar refractivity (Wildman–Crippen MR) is 110 cm³/mol. The smallest absolute Gasteiger partial charge is 0.243 e. The van der Waals surface area contributed by atoms with Crippen LogP contribution in [0.5, 0.6) is 5.75 Å². The molecule has 2 aromatic rings. The maximum Gasteiger partial charge on any atom is 0.243 e. The third-order valence-corrected chi connectivity index (χ3v) is 5.84. The van der Waals surface area contributed by atoms with E-state index < -0.39 is 0 Å². The number of amides is 2. The summed E-state index contributed by atoms with van der Waals surface area (Å²) in [5.41, 5.74) is 3.46. The van der Waals surface area contributed by atoms with E-state index in [0.29, 0.717) is 32.5 Å². The lowest BCUT2D eigenvalue weighted by molar-refractivity contribution is -0.140. The Balaban J connectivity index is 1.36. The molecule has 6 nitrogen and oxygen atoms in total. The first-order valence-electron chi connectivity index (χ1n) is 10.2. The molecule has 2 amide bonds. The van der Waals surface area contributed by atoms with Gasteiger partial charge in [-0.15, -0.1) is 0 Å². The maximum absolute atomic E-state index is 13.1. The average molecular weight is 393 g/mol. The van der Waals surface area contributed by atoms with Crippen molar-refractivity contribution in [3.05, 3.63) is 65.2 Å². The van der Waals surface area contributed by atoms with Crippen molar-refractivity contribution in [1.29, 1.82) is 0 Å². The van der Waals surface area contributed by atoms with E-state index in [1.807, 2.05) is 36.4 Å². The van der Waals surface area contributed by atoms with Crippen molar-refractivity contribution in [2.45, 2.75) is 44.4 Å². The summed E-state index contributed by atoms with van der Waals surface area (Å²) in [6, 6.07) is 15.2. The maximum atomic E-state index is 13.1. The van der Waals surface area contributed by atoms with E-state index in [9.17, 15) is 9.59 Å². The van der Waals surface area contributed by atoms with Crippen molar-refractivity contribution in [2.24, 2.45) is 0 Å². The standard InChI is InChI=1S/C23H27N3O3/c1-29-19-10-8-16(9-11-19)14-25-22(27)21-7-4-12-26(21)23(28)20-13-17-5-2-3-6-18(17)15-24-20/h2-3,5-6,8-11,20-21,24H,4,7,12-15H2,1H3,(H,25,27)/t20-,21-/m0/s1. The molecule has 6 heteroatoms. The average Bonchev–Trinajstić information content (AvgIpc) is 3.27. The summed E-state index contributed by atoms with van der Waals surface area (Å²) in [6.45, 7) is 1.77. The van der Waals surface area contributed by atoms with Crippen molar-refractivity contribution >= 4 is 11.8 Å². The molecule has 0 spiro atoms. The van der Waals surface area contributed by atoms with Gasteiger partial charge in [0.05, 0.1) is 13.2 Å². The van der Waals surface area contributed by atoms with Gasteiger partial charge in [0, 0.05) is 19.6 Å². The summed E-state index contributed by atoms with van der Waals surface area (Å²) in [5, 5.41) is 6.33. The Morgan fingerprint density at radius 2 is 1.90 bits per heavy atom. The number of likely N-dealkylation sites (tertiary alicyclic amines) is 1. The number of fused-ring (bicyclic) bond motifs is 1. The lowest BCUT2D eigenvalue weighted by atomic mass is 9.95. The van der Waals surface area contributed by atoms with E-state index in [0.717, 1.165) is 17.7 Å². The predicted octanol–water partition coefficient (Wildman–Crippen LogP) is 2.02. The number of benzene rings is 2. The van der Waals surface area contributed by atoms with Crippen LogP contribution in [0.15, 0.2) is 48.5 Å². The van der Waals surface area contributed by atoms with Gasteiger partial charge in [0.25, 0.3) is 0 Å². The zero-order valence-corrected chi connectivity index (χ0v) is 16.7. The Bertz CT molecular complexity index is 881. The molecular formula is C23H27N3O3. The minimum absolute atomic E-state index is 0.0293. The van der Waals surface area contributed by atoms with Crippen LogP contribution in [0.3, 0.4) is 0 Å². The van der Waals surface area contributed by atoms with Crippen LogP contribution in [0.2, 0.25) is 0 Å². The molecule has 0 bridgehead atoms. The Kier molecular flexibility index (Phi) is 5.81. The second-order valence-corrected chi connectivity index (χ2v) is 7.66. The number of hydrogen-bond acceptors (Lipinski definition) is 4. The summed E-state index contributed by atoms with van der Waals surface area (Å²) >= 11 is 0. The Labute approximate surface area is 171 Å². The zero-order valence-electron chi connectivity index (χ0n) is 16.7. The van der Waals surface area contributed by atoms with E-state index in [2.05, 4.69) is 22.8 Å². The third kappa shape index (κ3) is 4.27. The second kappa shape index (κ2) is 8.66. The first kappa shape index (κ1) is 19.5. The van der Waals surface area contributed by atoms with Gasteiger partial charge in [-0.1, -0.05) is 36.4 Å². The molecule has 29 heavy (non-hydrogen) atoms. The van der Waals surface area contributed by atoms with Crippen molar-refractivity contribution in [2.75, 3.05) is 13.7 Å². The van der Waals surface area contributed by atoms with Gasteiger partial charge in [-0.25, -0.2) is 0 Å². The van der Waals surface area contributed by atoms with E-state index in [1.165, 1.54) is 11.1 Å². The van der Waals surface area contributed by atoms with E-state index in [-0.39, 0.29) is 23.9 Å². The molecule has 0 unspecified atom stereocenters. The molecule has 1 saturated heterocycles. The summed E-state index contributed by atoms with van der Waals surface area (Å²) < 4.78 is 5.16. The normalized spacial score (nSPS) is 20.8. The number of hydrogen-bond donors (Lipinski definition) is 2. The topological polar surface area (TPSA) is 70.7 Å². The highest BCUT2D eigenvalue weighted by Gasteiger charge is 2.37. The number of methoxy groups -OCH3 is 1. The first-order valence-corrected chi connectivity index (χ1v) is 10.2. The van der Waals surface area contributed by atoms with E-state index >= 15 is 0 Å². The van der Waals surface area contributed by atoms with Crippen molar-refractivity contribution in [3.8, 4) is 5.75 Å². The van der Waals surface area contributed by atoms with Crippen LogP contribution in [0.25, 0.3) is 0 Å². The fraction of sp³-hybridized carbons (Fsp3) is 0.391. The molecule has 152 valence electrons.